The van der Waals surface area contributed by atoms with Crippen LogP contribution in [0.2, 0.25) is 0 Å². The Morgan fingerprint density at radius 2 is 1.71 bits per heavy atom. The number of carbonyl (C=O) groups excluding carboxylic acids is 1. The zero-order valence-electron chi connectivity index (χ0n) is 9.06. The van der Waals surface area contributed by atoms with Crippen LogP contribution in [0.5, 0.6) is 0 Å². The molecule has 0 fully saturated rings. The molecule has 0 aromatic heterocycles. The van der Waals surface area contributed by atoms with Gasteiger partial charge < -0.3 is 5.32 Å². The number of aryl methyl sites for hydroxylation is 2. The summed E-state index contributed by atoms with van der Waals surface area (Å²) in [4.78, 5) is 11.7. The molecular formula is C12H15NO. The van der Waals surface area contributed by atoms with Gasteiger partial charge in [0, 0.05) is 5.69 Å². The zero-order chi connectivity index (χ0) is 10.5. The van der Waals surface area contributed by atoms with E-state index >= 15 is 0 Å². The minimum atomic E-state index is -0.383. The molecule has 0 spiro atoms. The van der Waals surface area contributed by atoms with E-state index in [1.807, 2.05) is 20.8 Å². The molecule has 74 valence electrons. The monoisotopic (exact) mass is 189 g/mol. The SMILES string of the molecule is Cc1ccc(C)c2c1NC(=O)C2(C)C. The van der Waals surface area contributed by atoms with E-state index in [0.29, 0.717) is 0 Å². The van der Waals surface area contributed by atoms with Crippen LogP contribution in [-0.2, 0) is 10.2 Å². The number of hydrogen-bond donors (Lipinski definition) is 1. The topological polar surface area (TPSA) is 29.1 Å². The Hall–Kier alpha value is -1.31. The fraction of sp³-hybridized carbons (Fsp3) is 0.417. The molecule has 0 bridgehead atoms. The van der Waals surface area contributed by atoms with Crippen LogP contribution < -0.4 is 5.32 Å². The first-order valence-corrected chi connectivity index (χ1v) is 4.86. The van der Waals surface area contributed by atoms with Gasteiger partial charge in [-0.15, -0.1) is 0 Å². The van der Waals surface area contributed by atoms with Gasteiger partial charge in [0.2, 0.25) is 5.91 Å². The van der Waals surface area contributed by atoms with Crippen molar-refractivity contribution in [1.29, 1.82) is 0 Å². The minimum Gasteiger partial charge on any atom is -0.325 e. The lowest BCUT2D eigenvalue weighted by atomic mass is 9.83. The molecule has 0 aliphatic carbocycles. The Morgan fingerprint density at radius 3 is 2.29 bits per heavy atom. The van der Waals surface area contributed by atoms with E-state index in [1.165, 1.54) is 5.56 Å². The second kappa shape index (κ2) is 2.59. The predicted molar refractivity (Wildman–Crippen MR) is 57.6 cm³/mol. The maximum Gasteiger partial charge on any atom is 0.234 e. The summed E-state index contributed by atoms with van der Waals surface area (Å²) in [7, 11) is 0. The number of rotatable bonds is 0. The first kappa shape index (κ1) is 9.25. The van der Waals surface area contributed by atoms with E-state index in [1.54, 1.807) is 0 Å². The van der Waals surface area contributed by atoms with E-state index in [-0.39, 0.29) is 11.3 Å². The van der Waals surface area contributed by atoms with Crippen LogP contribution in [0.25, 0.3) is 0 Å². The summed E-state index contributed by atoms with van der Waals surface area (Å²) in [6.45, 7) is 8.03. The van der Waals surface area contributed by atoms with Crippen molar-refractivity contribution >= 4 is 11.6 Å². The van der Waals surface area contributed by atoms with E-state index in [0.717, 1.165) is 16.8 Å². The molecule has 0 atom stereocenters. The van der Waals surface area contributed by atoms with Crippen molar-refractivity contribution in [3.63, 3.8) is 0 Å². The van der Waals surface area contributed by atoms with Crippen LogP contribution in [0.15, 0.2) is 12.1 Å². The van der Waals surface area contributed by atoms with Crippen LogP contribution in [0, 0.1) is 13.8 Å². The molecule has 2 nitrogen and oxygen atoms in total. The standard InChI is InChI=1S/C12H15NO/c1-7-5-6-8(2)10-9(7)12(3,4)11(14)13-10/h5-6H,1-4H3,(H,13,14). The highest BCUT2D eigenvalue weighted by atomic mass is 16.2. The maximum atomic E-state index is 11.7. The summed E-state index contributed by atoms with van der Waals surface area (Å²) in [5, 5.41) is 2.96. The first-order chi connectivity index (χ1) is 6.44. The number of fused-ring (bicyclic) bond motifs is 1. The third-order valence-electron chi connectivity index (χ3n) is 3.05. The average molecular weight is 189 g/mol. The van der Waals surface area contributed by atoms with E-state index < -0.39 is 0 Å². The molecule has 0 saturated carbocycles. The maximum absolute atomic E-state index is 11.7. The summed E-state index contributed by atoms with van der Waals surface area (Å²) in [6, 6.07) is 4.13. The van der Waals surface area contributed by atoms with Crippen LogP contribution in [0.3, 0.4) is 0 Å². The predicted octanol–water partition coefficient (Wildman–Crippen LogP) is 2.53. The van der Waals surface area contributed by atoms with Gasteiger partial charge in [-0.3, -0.25) is 4.79 Å². The molecule has 1 heterocycles. The Bertz CT molecular complexity index is 419. The summed E-state index contributed by atoms with van der Waals surface area (Å²) in [5.41, 5.74) is 4.12. The lowest BCUT2D eigenvalue weighted by Gasteiger charge is -2.17. The van der Waals surface area contributed by atoms with Gasteiger partial charge >= 0.3 is 0 Å². The molecule has 2 heteroatoms. The van der Waals surface area contributed by atoms with Gasteiger partial charge in [0.25, 0.3) is 0 Å². The summed E-state index contributed by atoms with van der Waals surface area (Å²) < 4.78 is 0. The normalized spacial score (nSPS) is 17.9. The van der Waals surface area contributed by atoms with Gasteiger partial charge in [-0.1, -0.05) is 12.1 Å². The Morgan fingerprint density at radius 1 is 1.14 bits per heavy atom. The minimum absolute atomic E-state index is 0.102. The fourth-order valence-corrected chi connectivity index (χ4v) is 2.16. The summed E-state index contributed by atoms with van der Waals surface area (Å²) in [6.07, 6.45) is 0. The van der Waals surface area contributed by atoms with Gasteiger partial charge in [0.05, 0.1) is 5.41 Å². The Kier molecular flexibility index (Phi) is 1.71. The molecule has 1 aliphatic rings. The van der Waals surface area contributed by atoms with Crippen molar-refractivity contribution in [3.05, 3.63) is 28.8 Å². The molecule has 1 aliphatic heterocycles. The van der Waals surface area contributed by atoms with Gasteiger partial charge in [0.15, 0.2) is 0 Å². The molecule has 2 rings (SSSR count). The Labute approximate surface area is 84.3 Å². The van der Waals surface area contributed by atoms with Crippen LogP contribution in [0.4, 0.5) is 5.69 Å². The second-order valence-electron chi connectivity index (χ2n) is 4.53. The van der Waals surface area contributed by atoms with Crippen molar-refractivity contribution in [1.82, 2.24) is 0 Å². The summed E-state index contributed by atoms with van der Waals surface area (Å²) in [5.74, 6) is 0.102. The lowest BCUT2D eigenvalue weighted by Crippen LogP contribution is -2.27. The number of anilines is 1. The highest BCUT2D eigenvalue weighted by Gasteiger charge is 2.39. The molecule has 1 N–H and O–H groups in total. The summed E-state index contributed by atoms with van der Waals surface area (Å²) >= 11 is 0. The molecule has 1 aromatic rings. The van der Waals surface area contributed by atoms with Crippen molar-refractivity contribution in [2.75, 3.05) is 5.32 Å². The molecule has 0 unspecified atom stereocenters. The molecule has 1 aromatic carbocycles. The smallest absolute Gasteiger partial charge is 0.234 e. The third kappa shape index (κ3) is 0.999. The first-order valence-electron chi connectivity index (χ1n) is 4.86. The molecule has 0 radical (unpaired) electrons. The fourth-order valence-electron chi connectivity index (χ4n) is 2.16. The van der Waals surface area contributed by atoms with Gasteiger partial charge in [-0.2, -0.15) is 0 Å². The Balaban J connectivity index is 2.76. The lowest BCUT2D eigenvalue weighted by molar-refractivity contribution is -0.119. The molecule has 0 saturated heterocycles. The van der Waals surface area contributed by atoms with E-state index in [2.05, 4.69) is 24.4 Å². The van der Waals surface area contributed by atoms with Crippen molar-refractivity contribution in [3.8, 4) is 0 Å². The highest BCUT2D eigenvalue weighted by molar-refractivity contribution is 6.06. The molecule has 1 amide bonds. The highest BCUT2D eigenvalue weighted by Crippen LogP contribution is 2.41. The number of hydrogen-bond acceptors (Lipinski definition) is 1. The van der Waals surface area contributed by atoms with Crippen molar-refractivity contribution in [2.24, 2.45) is 0 Å². The zero-order valence-corrected chi connectivity index (χ0v) is 9.06. The van der Waals surface area contributed by atoms with Crippen LogP contribution in [0.1, 0.15) is 30.5 Å². The van der Waals surface area contributed by atoms with Gasteiger partial charge in [-0.05, 0) is 44.4 Å². The number of nitrogens with one attached hydrogen (secondary N) is 1. The number of amides is 1. The van der Waals surface area contributed by atoms with Crippen molar-refractivity contribution in [2.45, 2.75) is 33.1 Å². The molecular weight excluding hydrogens is 174 g/mol. The van der Waals surface area contributed by atoms with Gasteiger partial charge in [0.1, 0.15) is 0 Å². The third-order valence-corrected chi connectivity index (χ3v) is 3.05. The van der Waals surface area contributed by atoms with Crippen LogP contribution >= 0.6 is 0 Å². The average Bonchev–Trinajstić information content (AvgIpc) is 2.33. The second-order valence-corrected chi connectivity index (χ2v) is 4.53. The van der Waals surface area contributed by atoms with Crippen molar-refractivity contribution < 1.29 is 4.79 Å². The van der Waals surface area contributed by atoms with E-state index in [4.69, 9.17) is 0 Å². The number of benzene rings is 1. The molecule has 14 heavy (non-hydrogen) atoms. The van der Waals surface area contributed by atoms with Crippen LogP contribution in [-0.4, -0.2) is 5.91 Å². The quantitative estimate of drug-likeness (QED) is 0.667. The van der Waals surface area contributed by atoms with E-state index in [9.17, 15) is 4.79 Å². The largest absolute Gasteiger partial charge is 0.325 e. The van der Waals surface area contributed by atoms with Gasteiger partial charge in [-0.25, -0.2) is 0 Å². The number of carbonyl (C=O) groups is 1.